The Bertz CT molecular complexity index is 810. The van der Waals surface area contributed by atoms with E-state index in [0.29, 0.717) is 21.7 Å². The van der Waals surface area contributed by atoms with Gasteiger partial charge in [-0.2, -0.15) is 0 Å². The van der Waals surface area contributed by atoms with Crippen LogP contribution in [0, 0.1) is 0 Å². The quantitative estimate of drug-likeness (QED) is 0.804. The summed E-state index contributed by atoms with van der Waals surface area (Å²) in [7, 11) is 0. The van der Waals surface area contributed by atoms with E-state index in [4.69, 9.17) is 13.9 Å². The third kappa shape index (κ3) is 3.37. The monoisotopic (exact) mass is 378 g/mol. The molecule has 0 atom stereocenters. The van der Waals surface area contributed by atoms with Crippen LogP contribution in [0.4, 0.5) is 0 Å². The second-order valence-electron chi connectivity index (χ2n) is 4.52. The Morgan fingerprint density at radius 3 is 2.65 bits per heavy atom. The van der Waals surface area contributed by atoms with Gasteiger partial charge in [0.1, 0.15) is 0 Å². The number of amides is 1. The molecule has 0 spiro atoms. The summed E-state index contributed by atoms with van der Waals surface area (Å²) in [5.41, 5.74) is 0.107. The second-order valence-corrected chi connectivity index (χ2v) is 5.30. The Labute approximate surface area is 138 Å². The van der Waals surface area contributed by atoms with Crippen molar-refractivity contribution in [2.45, 2.75) is 0 Å². The lowest BCUT2D eigenvalue weighted by molar-refractivity contribution is -0.299. The van der Waals surface area contributed by atoms with Crippen molar-refractivity contribution >= 4 is 33.9 Å². The molecule has 118 valence electrons. The maximum atomic E-state index is 11.9. The Kier molecular flexibility index (Phi) is 4.07. The summed E-state index contributed by atoms with van der Waals surface area (Å²) >= 11 is 3.06. The van der Waals surface area contributed by atoms with Crippen LogP contribution in [0.1, 0.15) is 16.1 Å². The lowest BCUT2D eigenvalue weighted by Crippen LogP contribution is -2.35. The predicted octanol–water partition coefficient (Wildman–Crippen LogP) is 1.29. The van der Waals surface area contributed by atoms with Gasteiger partial charge in [0.25, 0.3) is 5.91 Å². The molecule has 1 aliphatic rings. The van der Waals surface area contributed by atoms with Crippen molar-refractivity contribution in [1.82, 2.24) is 5.32 Å². The standard InChI is InChI=1S/C15H10BrNO6/c16-13-4-3-11(23-13)14(18)17-9(15(19)20)5-8-1-2-10-12(6-8)22-7-21-10/h1-6H,7H2,(H,17,18)(H,19,20)/p-1/b9-5+. The fourth-order valence-electron chi connectivity index (χ4n) is 1.94. The number of carbonyl (C=O) groups is 2. The third-order valence-electron chi connectivity index (χ3n) is 2.97. The predicted molar refractivity (Wildman–Crippen MR) is 79.4 cm³/mol. The van der Waals surface area contributed by atoms with Crippen LogP contribution in [0.15, 0.2) is 45.1 Å². The molecule has 1 aromatic heterocycles. The van der Waals surface area contributed by atoms with Crippen LogP contribution < -0.4 is 19.9 Å². The maximum absolute atomic E-state index is 11.9. The summed E-state index contributed by atoms with van der Waals surface area (Å²) in [4.78, 5) is 23.2. The zero-order chi connectivity index (χ0) is 16.4. The molecule has 0 radical (unpaired) electrons. The van der Waals surface area contributed by atoms with E-state index in [9.17, 15) is 14.7 Å². The first-order valence-electron chi connectivity index (χ1n) is 6.42. The van der Waals surface area contributed by atoms with E-state index >= 15 is 0 Å². The van der Waals surface area contributed by atoms with E-state index in [1.54, 1.807) is 18.2 Å². The third-order valence-corrected chi connectivity index (χ3v) is 3.40. The highest BCUT2D eigenvalue weighted by Gasteiger charge is 2.15. The highest BCUT2D eigenvalue weighted by atomic mass is 79.9. The van der Waals surface area contributed by atoms with E-state index < -0.39 is 17.6 Å². The Morgan fingerprint density at radius 1 is 1.17 bits per heavy atom. The van der Waals surface area contributed by atoms with Gasteiger partial charge in [0.2, 0.25) is 6.79 Å². The summed E-state index contributed by atoms with van der Waals surface area (Å²) in [6, 6.07) is 7.81. The minimum absolute atomic E-state index is 0.0327. The molecule has 1 aromatic carbocycles. The number of hydrogen-bond donors (Lipinski definition) is 1. The number of aliphatic carboxylic acids is 1. The van der Waals surface area contributed by atoms with Gasteiger partial charge in [0.15, 0.2) is 21.9 Å². The highest BCUT2D eigenvalue weighted by molar-refractivity contribution is 9.10. The molecule has 1 N–H and O–H groups in total. The molecule has 1 aliphatic heterocycles. The van der Waals surface area contributed by atoms with E-state index in [0.717, 1.165) is 0 Å². The maximum Gasteiger partial charge on any atom is 0.291 e. The van der Waals surface area contributed by atoms with Crippen LogP contribution in [0.2, 0.25) is 0 Å². The zero-order valence-electron chi connectivity index (χ0n) is 11.5. The number of halogens is 1. The zero-order valence-corrected chi connectivity index (χ0v) is 13.1. The van der Waals surface area contributed by atoms with Gasteiger partial charge in [-0.15, -0.1) is 0 Å². The molecule has 2 heterocycles. The van der Waals surface area contributed by atoms with Gasteiger partial charge in [-0.05, 0) is 51.8 Å². The minimum Gasteiger partial charge on any atom is -0.543 e. The van der Waals surface area contributed by atoms with Gasteiger partial charge < -0.3 is 29.1 Å². The SMILES string of the molecule is O=C([O-])/C(=C\c1ccc2c(c1)OCO2)NC(=O)c1ccc(Br)o1. The van der Waals surface area contributed by atoms with Gasteiger partial charge in [-0.25, -0.2) is 0 Å². The number of carboxylic acids is 1. The molecule has 8 heteroatoms. The molecular weight excluding hydrogens is 370 g/mol. The summed E-state index contributed by atoms with van der Waals surface area (Å²) < 4.78 is 15.8. The van der Waals surface area contributed by atoms with E-state index in [-0.39, 0.29) is 12.6 Å². The first-order chi connectivity index (χ1) is 11.0. The molecule has 2 aromatic rings. The van der Waals surface area contributed by atoms with Crippen molar-refractivity contribution in [3.05, 3.63) is 52.0 Å². The van der Waals surface area contributed by atoms with Gasteiger partial charge in [0.05, 0.1) is 11.7 Å². The van der Waals surface area contributed by atoms with Crippen LogP contribution in [-0.4, -0.2) is 18.7 Å². The molecule has 3 rings (SSSR count). The smallest absolute Gasteiger partial charge is 0.291 e. The number of hydrogen-bond acceptors (Lipinski definition) is 6. The number of fused-ring (bicyclic) bond motifs is 1. The Hall–Kier alpha value is -2.74. The fourth-order valence-corrected chi connectivity index (χ4v) is 2.24. The largest absolute Gasteiger partial charge is 0.543 e. The number of furan rings is 1. The first-order valence-corrected chi connectivity index (χ1v) is 7.21. The number of carboxylic acid groups (broad SMARTS) is 1. The van der Waals surface area contributed by atoms with Gasteiger partial charge in [-0.1, -0.05) is 6.07 Å². The summed E-state index contributed by atoms with van der Waals surface area (Å²) in [5.74, 6) is -1.19. The summed E-state index contributed by atoms with van der Waals surface area (Å²) in [5, 5.41) is 13.5. The number of carbonyl (C=O) groups excluding carboxylic acids is 2. The molecule has 0 saturated carbocycles. The highest BCUT2D eigenvalue weighted by Crippen LogP contribution is 2.33. The van der Waals surface area contributed by atoms with Crippen molar-refractivity contribution < 1.29 is 28.6 Å². The van der Waals surface area contributed by atoms with Crippen molar-refractivity contribution in [3.63, 3.8) is 0 Å². The summed E-state index contributed by atoms with van der Waals surface area (Å²) in [6.45, 7) is 0.111. The number of ether oxygens (including phenoxy) is 2. The number of benzene rings is 1. The average molecular weight is 379 g/mol. The molecule has 0 aliphatic carbocycles. The van der Waals surface area contributed by atoms with Gasteiger partial charge in [-0.3, -0.25) is 4.79 Å². The molecule has 0 fully saturated rings. The minimum atomic E-state index is -1.53. The summed E-state index contributed by atoms with van der Waals surface area (Å²) in [6.07, 6.45) is 1.26. The molecule has 0 bridgehead atoms. The Morgan fingerprint density at radius 2 is 1.96 bits per heavy atom. The second kappa shape index (κ2) is 6.17. The van der Waals surface area contributed by atoms with Crippen LogP contribution in [0.25, 0.3) is 6.08 Å². The van der Waals surface area contributed by atoms with Crippen LogP contribution in [0.3, 0.4) is 0 Å². The first kappa shape index (κ1) is 15.2. The number of rotatable bonds is 4. The number of nitrogens with one attached hydrogen (secondary N) is 1. The van der Waals surface area contributed by atoms with Crippen LogP contribution >= 0.6 is 15.9 Å². The van der Waals surface area contributed by atoms with Crippen molar-refractivity contribution in [2.75, 3.05) is 6.79 Å². The van der Waals surface area contributed by atoms with E-state index in [1.165, 1.54) is 18.2 Å². The molecular formula is C15H9BrNO6-. The topological polar surface area (TPSA) is 101 Å². The van der Waals surface area contributed by atoms with E-state index in [1.807, 2.05) is 0 Å². The lowest BCUT2D eigenvalue weighted by atomic mass is 10.1. The van der Waals surface area contributed by atoms with Crippen molar-refractivity contribution in [2.24, 2.45) is 0 Å². The normalized spacial score (nSPS) is 13.0. The van der Waals surface area contributed by atoms with E-state index in [2.05, 4.69) is 21.2 Å². The van der Waals surface area contributed by atoms with Gasteiger partial charge >= 0.3 is 0 Å². The molecule has 0 saturated heterocycles. The van der Waals surface area contributed by atoms with Crippen molar-refractivity contribution in [3.8, 4) is 11.5 Å². The molecule has 0 unspecified atom stereocenters. The Balaban J connectivity index is 1.83. The lowest BCUT2D eigenvalue weighted by Gasteiger charge is -2.10. The van der Waals surface area contributed by atoms with Crippen molar-refractivity contribution in [1.29, 1.82) is 0 Å². The van der Waals surface area contributed by atoms with Gasteiger partial charge in [0, 0.05) is 0 Å². The molecule has 1 amide bonds. The molecule has 23 heavy (non-hydrogen) atoms. The average Bonchev–Trinajstić information content (AvgIpc) is 3.14. The molecule has 7 nitrogen and oxygen atoms in total. The fraction of sp³-hybridized carbons (Fsp3) is 0.0667. The van der Waals surface area contributed by atoms with Crippen LogP contribution in [0.5, 0.6) is 11.5 Å². The van der Waals surface area contributed by atoms with Crippen LogP contribution in [-0.2, 0) is 4.79 Å².